The second-order valence-electron chi connectivity index (χ2n) is 4.55. The van der Waals surface area contributed by atoms with Gasteiger partial charge in [-0.05, 0) is 30.7 Å². The van der Waals surface area contributed by atoms with E-state index >= 15 is 0 Å². The van der Waals surface area contributed by atoms with Crippen molar-refractivity contribution in [3.8, 4) is 0 Å². The van der Waals surface area contributed by atoms with Crippen LogP contribution in [-0.4, -0.2) is 18.6 Å². The van der Waals surface area contributed by atoms with E-state index in [1.54, 1.807) is 0 Å². The molecule has 0 unspecified atom stereocenters. The summed E-state index contributed by atoms with van der Waals surface area (Å²) in [5.41, 5.74) is 3.80. The zero-order valence-electron chi connectivity index (χ0n) is 10.8. The molecule has 0 radical (unpaired) electrons. The largest absolute Gasteiger partial charge is 0.364 e. The number of pyridine rings is 1. The van der Waals surface area contributed by atoms with Crippen LogP contribution in [0.5, 0.6) is 0 Å². The number of hydrogen-bond donors (Lipinski definition) is 0. The van der Waals surface area contributed by atoms with E-state index in [0.29, 0.717) is 0 Å². The number of nitrogens with zero attached hydrogens (tertiary/aromatic N) is 3. The minimum atomic E-state index is 0.940. The minimum Gasteiger partial charge on any atom is -0.364 e. The van der Waals surface area contributed by atoms with Crippen molar-refractivity contribution in [2.24, 2.45) is 0 Å². The third-order valence-electron chi connectivity index (χ3n) is 3.52. The lowest BCUT2D eigenvalue weighted by molar-refractivity contribution is 0.838. The first-order valence-electron chi connectivity index (χ1n) is 6.33. The van der Waals surface area contributed by atoms with Crippen LogP contribution in [0.4, 0.5) is 17.2 Å². The van der Waals surface area contributed by atoms with E-state index in [-0.39, 0.29) is 0 Å². The molecule has 0 saturated heterocycles. The lowest BCUT2D eigenvalue weighted by atomic mass is 10.1. The highest BCUT2D eigenvalue weighted by Gasteiger charge is 2.21. The Hall–Kier alpha value is -2.03. The Bertz CT molecular complexity index is 565. The fourth-order valence-electron chi connectivity index (χ4n) is 2.55. The van der Waals surface area contributed by atoms with Gasteiger partial charge < -0.3 is 9.80 Å². The van der Waals surface area contributed by atoms with Crippen molar-refractivity contribution in [2.45, 2.75) is 13.5 Å². The fourth-order valence-corrected chi connectivity index (χ4v) is 2.55. The van der Waals surface area contributed by atoms with Crippen molar-refractivity contribution in [3.63, 3.8) is 0 Å². The predicted molar refractivity (Wildman–Crippen MR) is 75.5 cm³/mol. The van der Waals surface area contributed by atoms with Crippen LogP contribution in [0, 0.1) is 0 Å². The summed E-state index contributed by atoms with van der Waals surface area (Å²) in [5, 5.41) is 0. The Labute approximate surface area is 108 Å². The van der Waals surface area contributed by atoms with Crippen molar-refractivity contribution in [1.29, 1.82) is 0 Å². The van der Waals surface area contributed by atoms with Gasteiger partial charge in [-0.15, -0.1) is 0 Å². The molecule has 0 saturated carbocycles. The van der Waals surface area contributed by atoms with Gasteiger partial charge in [-0.2, -0.15) is 0 Å². The average Bonchev–Trinajstić information content (AvgIpc) is 2.55. The number of rotatable bonds is 1. The average molecular weight is 239 g/mol. The van der Waals surface area contributed by atoms with Gasteiger partial charge in [0.2, 0.25) is 0 Å². The van der Waals surface area contributed by atoms with Gasteiger partial charge in [0.05, 0.1) is 5.69 Å². The molecule has 18 heavy (non-hydrogen) atoms. The maximum atomic E-state index is 4.54. The number of anilines is 3. The van der Waals surface area contributed by atoms with E-state index in [1.165, 1.54) is 16.9 Å². The Morgan fingerprint density at radius 1 is 1.11 bits per heavy atom. The number of aromatic nitrogens is 1. The minimum absolute atomic E-state index is 0.940. The van der Waals surface area contributed by atoms with Crippen LogP contribution in [0.3, 0.4) is 0 Å². The molecule has 2 aromatic rings. The highest BCUT2D eigenvalue weighted by Crippen LogP contribution is 2.37. The van der Waals surface area contributed by atoms with Gasteiger partial charge in [0.25, 0.3) is 0 Å². The molecule has 0 atom stereocenters. The predicted octanol–water partition coefficient (Wildman–Crippen LogP) is 3.19. The highest BCUT2D eigenvalue weighted by atomic mass is 15.2. The smallest absolute Gasteiger partial charge is 0.156 e. The maximum absolute atomic E-state index is 4.54. The molecule has 3 nitrogen and oxygen atoms in total. The molecule has 2 heterocycles. The van der Waals surface area contributed by atoms with Crippen molar-refractivity contribution < 1.29 is 0 Å². The first-order chi connectivity index (χ1) is 8.81. The van der Waals surface area contributed by atoms with E-state index < -0.39 is 0 Å². The SMILES string of the molecule is CCN1Cc2ccccc2N(C)c2ncccc21. The molecule has 1 aromatic carbocycles. The summed E-state index contributed by atoms with van der Waals surface area (Å²) >= 11 is 0. The van der Waals surface area contributed by atoms with Gasteiger partial charge in [-0.25, -0.2) is 4.98 Å². The Kier molecular flexibility index (Phi) is 2.67. The highest BCUT2D eigenvalue weighted by molar-refractivity contribution is 5.77. The van der Waals surface area contributed by atoms with E-state index in [9.17, 15) is 0 Å². The summed E-state index contributed by atoms with van der Waals surface area (Å²) in [4.78, 5) is 9.09. The molecule has 92 valence electrons. The van der Waals surface area contributed by atoms with Crippen molar-refractivity contribution >= 4 is 17.2 Å². The van der Waals surface area contributed by atoms with Gasteiger partial charge in [-0.3, -0.25) is 0 Å². The molecular weight excluding hydrogens is 222 g/mol. The van der Waals surface area contributed by atoms with Crippen LogP contribution in [0.1, 0.15) is 12.5 Å². The third kappa shape index (κ3) is 1.63. The first kappa shape index (κ1) is 11.1. The molecule has 0 N–H and O–H groups in total. The monoisotopic (exact) mass is 239 g/mol. The van der Waals surface area contributed by atoms with Crippen molar-refractivity contribution in [1.82, 2.24) is 4.98 Å². The third-order valence-corrected chi connectivity index (χ3v) is 3.52. The van der Waals surface area contributed by atoms with Crippen LogP contribution in [0.15, 0.2) is 42.6 Å². The Balaban J connectivity index is 2.21. The first-order valence-corrected chi connectivity index (χ1v) is 6.33. The van der Waals surface area contributed by atoms with Crippen molar-refractivity contribution in [3.05, 3.63) is 48.2 Å². The number of hydrogen-bond acceptors (Lipinski definition) is 3. The number of para-hydroxylation sites is 1. The molecule has 1 aliphatic heterocycles. The summed E-state index contributed by atoms with van der Waals surface area (Å²) in [7, 11) is 2.09. The van der Waals surface area contributed by atoms with Crippen LogP contribution in [-0.2, 0) is 6.54 Å². The zero-order chi connectivity index (χ0) is 12.5. The van der Waals surface area contributed by atoms with Crippen LogP contribution in [0.25, 0.3) is 0 Å². The molecule has 0 spiro atoms. The van der Waals surface area contributed by atoms with Gasteiger partial charge in [0.1, 0.15) is 0 Å². The van der Waals surface area contributed by atoms with Crippen LogP contribution >= 0.6 is 0 Å². The fraction of sp³-hybridized carbons (Fsp3) is 0.267. The molecule has 1 aromatic heterocycles. The van der Waals surface area contributed by atoms with Gasteiger partial charge in [-0.1, -0.05) is 18.2 Å². The van der Waals surface area contributed by atoms with Gasteiger partial charge in [0, 0.05) is 32.0 Å². The van der Waals surface area contributed by atoms with Crippen molar-refractivity contribution in [2.75, 3.05) is 23.4 Å². The summed E-state index contributed by atoms with van der Waals surface area (Å²) in [5.74, 6) is 1.03. The van der Waals surface area contributed by atoms with E-state index in [4.69, 9.17) is 0 Å². The Morgan fingerprint density at radius 2 is 1.89 bits per heavy atom. The second-order valence-corrected chi connectivity index (χ2v) is 4.55. The normalized spacial score (nSPS) is 13.9. The summed E-state index contributed by atoms with van der Waals surface area (Å²) in [6.45, 7) is 4.11. The zero-order valence-corrected chi connectivity index (χ0v) is 10.8. The standard InChI is InChI=1S/C15H17N3/c1-3-18-11-12-7-4-5-8-13(12)17(2)15-14(18)9-6-10-16-15/h4-10H,3,11H2,1-2H3. The number of benzene rings is 1. The molecule has 3 rings (SSSR count). The topological polar surface area (TPSA) is 19.4 Å². The molecule has 0 bridgehead atoms. The van der Waals surface area contributed by atoms with E-state index in [2.05, 4.69) is 59.1 Å². The van der Waals surface area contributed by atoms with Gasteiger partial charge >= 0.3 is 0 Å². The summed E-state index contributed by atoms with van der Waals surface area (Å²) in [6.07, 6.45) is 1.86. The molecule has 0 amide bonds. The lowest BCUT2D eigenvalue weighted by Gasteiger charge is -2.23. The maximum Gasteiger partial charge on any atom is 0.156 e. The molecule has 1 aliphatic rings. The van der Waals surface area contributed by atoms with Crippen LogP contribution < -0.4 is 9.80 Å². The second kappa shape index (κ2) is 4.33. The molecule has 0 aliphatic carbocycles. The van der Waals surface area contributed by atoms with Gasteiger partial charge in [0.15, 0.2) is 5.82 Å². The summed E-state index contributed by atoms with van der Waals surface area (Å²) in [6, 6.07) is 12.7. The molecular formula is C15H17N3. The number of fused-ring (bicyclic) bond motifs is 2. The molecule has 3 heteroatoms. The van der Waals surface area contributed by atoms with E-state index in [0.717, 1.165) is 18.9 Å². The lowest BCUT2D eigenvalue weighted by Crippen LogP contribution is -2.21. The quantitative estimate of drug-likeness (QED) is 0.762. The van der Waals surface area contributed by atoms with E-state index in [1.807, 2.05) is 12.3 Å². The summed E-state index contributed by atoms with van der Waals surface area (Å²) < 4.78 is 0. The van der Waals surface area contributed by atoms with Crippen LogP contribution in [0.2, 0.25) is 0 Å². The molecule has 0 fully saturated rings. The Morgan fingerprint density at radius 3 is 2.72 bits per heavy atom.